The van der Waals surface area contributed by atoms with Crippen molar-refractivity contribution >= 4 is 35.3 Å². The second kappa shape index (κ2) is 10.4. The fourth-order valence-electron chi connectivity index (χ4n) is 4.16. The van der Waals surface area contributed by atoms with Gasteiger partial charge < -0.3 is 20.1 Å². The largest absolute Gasteiger partial charge is 0.480 e. The summed E-state index contributed by atoms with van der Waals surface area (Å²) in [6.07, 6.45) is -0.730. The molecule has 0 atom stereocenters. The number of ether oxygens (including phenoxy) is 1. The van der Waals surface area contributed by atoms with Crippen molar-refractivity contribution in [3.05, 3.63) is 88.9 Å². The van der Waals surface area contributed by atoms with Gasteiger partial charge in [0, 0.05) is 29.6 Å². The number of anilines is 1. The Morgan fingerprint density at radius 1 is 0.941 bits per heavy atom. The van der Waals surface area contributed by atoms with E-state index in [1.807, 2.05) is 36.4 Å². The van der Waals surface area contributed by atoms with Gasteiger partial charge in [-0.2, -0.15) is 0 Å². The summed E-state index contributed by atoms with van der Waals surface area (Å²) < 4.78 is 5.46. The van der Waals surface area contributed by atoms with Crippen molar-refractivity contribution in [2.75, 3.05) is 24.6 Å². The van der Waals surface area contributed by atoms with Crippen LogP contribution in [0.2, 0.25) is 5.02 Å². The van der Waals surface area contributed by atoms with E-state index in [1.54, 1.807) is 18.2 Å². The predicted octanol–water partition coefficient (Wildman–Crippen LogP) is 4.69. The molecule has 1 aliphatic carbocycles. The van der Waals surface area contributed by atoms with Crippen LogP contribution in [0, 0.1) is 0 Å². The zero-order chi connectivity index (χ0) is 24.1. The van der Waals surface area contributed by atoms with E-state index in [-0.39, 0.29) is 25.5 Å². The number of hydrogen-bond donors (Lipinski definition) is 2. The Bertz CT molecular complexity index is 1180. The number of alkyl carbamates (subject to hydrolysis) is 1. The van der Waals surface area contributed by atoms with Gasteiger partial charge in [-0.25, -0.2) is 4.79 Å². The van der Waals surface area contributed by atoms with Crippen LogP contribution in [0.3, 0.4) is 0 Å². The van der Waals surface area contributed by atoms with Crippen molar-refractivity contribution < 1.29 is 24.2 Å². The van der Waals surface area contributed by atoms with Gasteiger partial charge in [-0.1, -0.05) is 66.2 Å². The summed E-state index contributed by atoms with van der Waals surface area (Å²) in [6, 6.07) is 22.5. The summed E-state index contributed by atoms with van der Waals surface area (Å²) in [4.78, 5) is 37.3. The van der Waals surface area contributed by atoms with Gasteiger partial charge in [0.25, 0.3) is 0 Å². The molecule has 0 heterocycles. The molecule has 2 amide bonds. The second-order valence-electron chi connectivity index (χ2n) is 7.86. The number of halogens is 1. The molecular formula is C26H23ClN2O5. The average molecular weight is 479 g/mol. The number of carboxylic acids is 1. The summed E-state index contributed by atoms with van der Waals surface area (Å²) in [7, 11) is 0. The number of carbonyl (C=O) groups is 3. The quantitative estimate of drug-likeness (QED) is 0.490. The van der Waals surface area contributed by atoms with E-state index in [4.69, 9.17) is 16.3 Å². The van der Waals surface area contributed by atoms with Crippen molar-refractivity contribution in [1.29, 1.82) is 0 Å². The summed E-state index contributed by atoms with van der Waals surface area (Å²) in [5, 5.41) is 12.1. The maximum absolute atomic E-state index is 12.6. The summed E-state index contributed by atoms with van der Waals surface area (Å²) >= 11 is 5.97. The van der Waals surface area contributed by atoms with Gasteiger partial charge in [0.2, 0.25) is 5.91 Å². The van der Waals surface area contributed by atoms with Crippen LogP contribution in [0.5, 0.6) is 0 Å². The number of nitrogens with zero attached hydrogens (tertiary/aromatic N) is 1. The van der Waals surface area contributed by atoms with Crippen molar-refractivity contribution in [2.45, 2.75) is 12.3 Å². The Morgan fingerprint density at radius 2 is 1.59 bits per heavy atom. The molecule has 2 N–H and O–H groups in total. The molecule has 7 nitrogen and oxygen atoms in total. The van der Waals surface area contributed by atoms with Gasteiger partial charge in [0.1, 0.15) is 13.2 Å². The molecule has 4 rings (SSSR count). The van der Waals surface area contributed by atoms with Crippen molar-refractivity contribution in [3.8, 4) is 11.1 Å². The Morgan fingerprint density at radius 3 is 2.21 bits per heavy atom. The highest BCUT2D eigenvalue weighted by Crippen LogP contribution is 2.44. The van der Waals surface area contributed by atoms with Crippen LogP contribution in [0.25, 0.3) is 11.1 Å². The molecule has 0 fully saturated rings. The number of hydrogen-bond acceptors (Lipinski definition) is 4. The van der Waals surface area contributed by atoms with Crippen molar-refractivity contribution in [2.24, 2.45) is 0 Å². The van der Waals surface area contributed by atoms with Gasteiger partial charge >= 0.3 is 12.1 Å². The number of carbonyl (C=O) groups excluding carboxylic acids is 2. The van der Waals surface area contributed by atoms with Crippen LogP contribution in [-0.2, 0) is 14.3 Å². The molecule has 8 heteroatoms. The molecule has 0 aromatic heterocycles. The Labute approximate surface area is 201 Å². The molecule has 1 aliphatic rings. The van der Waals surface area contributed by atoms with E-state index < -0.39 is 24.5 Å². The predicted molar refractivity (Wildman–Crippen MR) is 129 cm³/mol. The van der Waals surface area contributed by atoms with E-state index >= 15 is 0 Å². The molecular weight excluding hydrogens is 456 g/mol. The monoisotopic (exact) mass is 478 g/mol. The molecule has 0 saturated heterocycles. The summed E-state index contributed by atoms with van der Waals surface area (Å²) in [5.74, 6) is -1.67. The fourth-order valence-corrected chi connectivity index (χ4v) is 4.34. The first-order valence-electron chi connectivity index (χ1n) is 10.8. The number of rotatable bonds is 8. The van der Waals surface area contributed by atoms with E-state index in [0.717, 1.165) is 27.2 Å². The number of benzene rings is 3. The number of fused-ring (bicyclic) bond motifs is 3. The molecule has 0 aliphatic heterocycles. The smallest absolute Gasteiger partial charge is 0.407 e. The topological polar surface area (TPSA) is 95.9 Å². The average Bonchev–Trinajstić information content (AvgIpc) is 3.15. The van der Waals surface area contributed by atoms with Gasteiger partial charge in [-0.05, 0) is 40.5 Å². The minimum atomic E-state index is -1.15. The van der Waals surface area contributed by atoms with E-state index in [2.05, 4.69) is 17.4 Å². The molecule has 174 valence electrons. The Kier molecular flexibility index (Phi) is 7.13. The third kappa shape index (κ3) is 5.21. The van der Waals surface area contributed by atoms with Crippen LogP contribution >= 0.6 is 11.6 Å². The lowest BCUT2D eigenvalue weighted by molar-refractivity contribution is -0.136. The minimum absolute atomic E-state index is 0.00614. The van der Waals surface area contributed by atoms with Crippen LogP contribution < -0.4 is 10.2 Å². The minimum Gasteiger partial charge on any atom is -0.480 e. The third-order valence-corrected chi connectivity index (χ3v) is 5.90. The van der Waals surface area contributed by atoms with Crippen LogP contribution in [0.15, 0.2) is 72.8 Å². The first kappa shape index (κ1) is 23.3. The van der Waals surface area contributed by atoms with Gasteiger partial charge in [-0.15, -0.1) is 0 Å². The van der Waals surface area contributed by atoms with Gasteiger partial charge in [-0.3, -0.25) is 9.59 Å². The fraction of sp³-hybridized carbons (Fsp3) is 0.192. The highest BCUT2D eigenvalue weighted by molar-refractivity contribution is 6.31. The molecule has 3 aromatic carbocycles. The molecule has 0 unspecified atom stereocenters. The van der Waals surface area contributed by atoms with Crippen molar-refractivity contribution in [1.82, 2.24) is 5.32 Å². The lowest BCUT2D eigenvalue weighted by Gasteiger charge is -2.21. The summed E-state index contributed by atoms with van der Waals surface area (Å²) in [6.45, 7) is -0.336. The zero-order valence-electron chi connectivity index (χ0n) is 18.2. The number of amides is 2. The number of aliphatic carboxylic acids is 1. The number of nitrogens with one attached hydrogen (secondary N) is 1. The van der Waals surface area contributed by atoms with E-state index in [0.29, 0.717) is 10.7 Å². The highest BCUT2D eigenvalue weighted by Gasteiger charge is 2.29. The molecule has 3 aromatic rings. The van der Waals surface area contributed by atoms with Crippen molar-refractivity contribution in [3.63, 3.8) is 0 Å². The summed E-state index contributed by atoms with van der Waals surface area (Å²) in [5.41, 5.74) is 4.87. The van der Waals surface area contributed by atoms with Gasteiger partial charge in [0.15, 0.2) is 0 Å². The molecule has 0 radical (unpaired) electrons. The van der Waals surface area contributed by atoms with Crippen LogP contribution in [0.4, 0.5) is 10.5 Å². The third-order valence-electron chi connectivity index (χ3n) is 5.67. The molecule has 0 saturated carbocycles. The Balaban J connectivity index is 1.32. The normalized spacial score (nSPS) is 11.9. The second-order valence-corrected chi connectivity index (χ2v) is 8.29. The molecule has 0 bridgehead atoms. The van der Waals surface area contributed by atoms with Gasteiger partial charge in [0.05, 0.1) is 0 Å². The SMILES string of the molecule is O=C(O)CN(C(=O)CCNC(=O)OCC1c2ccccc2-c2ccccc21)c1cccc(Cl)c1. The van der Waals surface area contributed by atoms with Crippen LogP contribution in [-0.4, -0.2) is 42.8 Å². The molecule has 0 spiro atoms. The van der Waals surface area contributed by atoms with E-state index in [1.165, 1.54) is 6.07 Å². The lowest BCUT2D eigenvalue weighted by Crippen LogP contribution is -2.38. The lowest BCUT2D eigenvalue weighted by atomic mass is 9.98. The standard InChI is InChI=1S/C26H23ClN2O5/c27-17-6-5-7-18(14-17)29(15-25(31)32)24(30)12-13-28-26(33)34-16-23-21-10-3-1-8-19(21)20-9-2-4-11-22(20)23/h1-11,14,23H,12-13,15-16H2,(H,28,33)(H,31,32). The van der Waals surface area contributed by atoms with E-state index in [9.17, 15) is 19.5 Å². The molecule has 34 heavy (non-hydrogen) atoms. The Hall–Kier alpha value is -3.84. The first-order valence-corrected chi connectivity index (χ1v) is 11.2. The maximum Gasteiger partial charge on any atom is 0.407 e. The maximum atomic E-state index is 12.6. The van der Waals surface area contributed by atoms with Crippen LogP contribution in [0.1, 0.15) is 23.5 Å². The zero-order valence-corrected chi connectivity index (χ0v) is 19.0. The highest BCUT2D eigenvalue weighted by atomic mass is 35.5. The number of carboxylic acid groups (broad SMARTS) is 1. The first-order chi connectivity index (χ1) is 16.4.